The van der Waals surface area contributed by atoms with E-state index in [2.05, 4.69) is 30.8 Å². The molecule has 0 atom stereocenters. The number of allylic oxidation sites excluding steroid dienone is 4. The van der Waals surface area contributed by atoms with Crippen LogP contribution in [0, 0.1) is 0 Å². The maximum atomic E-state index is 14.0. The second-order valence-electron chi connectivity index (χ2n) is 7.76. The summed E-state index contributed by atoms with van der Waals surface area (Å²) in [6.45, 7) is 3.31. The largest absolute Gasteiger partial charge is 0.392 e. The Hall–Kier alpha value is -4.27. The number of aliphatic hydroxyl groups is 1. The lowest BCUT2D eigenvalue weighted by molar-refractivity contribution is -0.108. The predicted molar refractivity (Wildman–Crippen MR) is 142 cm³/mol. The summed E-state index contributed by atoms with van der Waals surface area (Å²) in [6.07, 6.45) is 1.43. The van der Waals surface area contributed by atoms with Crippen molar-refractivity contribution in [2.75, 3.05) is 6.61 Å². The average Bonchev–Trinajstić information content (AvgIpc) is 3.23. The van der Waals surface area contributed by atoms with E-state index in [-0.39, 0.29) is 12.4 Å². The summed E-state index contributed by atoms with van der Waals surface area (Å²) >= 11 is 0. The minimum absolute atomic E-state index is 0.0742. The zero-order valence-corrected chi connectivity index (χ0v) is 18.9. The van der Waals surface area contributed by atoms with Gasteiger partial charge in [-0.25, -0.2) is 0 Å². The van der Waals surface area contributed by atoms with Crippen LogP contribution < -0.4 is 0 Å². The molecule has 0 amide bonds. The number of hydrogen-bond acceptors (Lipinski definition) is 2. The summed E-state index contributed by atoms with van der Waals surface area (Å²) in [4.78, 5) is 14.0. The topological polar surface area (TPSA) is 37.3 Å². The van der Waals surface area contributed by atoms with Crippen LogP contribution >= 0.6 is 0 Å². The van der Waals surface area contributed by atoms with Crippen molar-refractivity contribution >= 4 is 28.1 Å². The van der Waals surface area contributed by atoms with Crippen molar-refractivity contribution in [2.45, 2.75) is 0 Å². The Balaban J connectivity index is 0.000000636. The number of carbonyl (C=O) groups is 1. The van der Waals surface area contributed by atoms with Crippen molar-refractivity contribution in [2.24, 2.45) is 0 Å². The molecule has 0 saturated carbocycles. The summed E-state index contributed by atoms with van der Waals surface area (Å²) in [7, 11) is 0. The highest BCUT2D eigenvalue weighted by Gasteiger charge is 2.35. The van der Waals surface area contributed by atoms with E-state index in [0.717, 1.165) is 44.5 Å². The highest BCUT2D eigenvalue weighted by atomic mass is 16.2. The smallest absolute Gasteiger partial charge is 0.195 e. The number of benzene rings is 4. The molecule has 1 N–H and O–H groups in total. The molecular weight excluding hydrogens is 416 g/mol. The molecule has 166 valence electrons. The molecule has 0 aromatic heterocycles. The van der Waals surface area contributed by atoms with Gasteiger partial charge in [0.15, 0.2) is 5.78 Å². The van der Waals surface area contributed by atoms with Crippen molar-refractivity contribution in [3.63, 3.8) is 0 Å². The lowest BCUT2D eigenvalue weighted by Crippen LogP contribution is -2.01. The van der Waals surface area contributed by atoms with E-state index >= 15 is 0 Å². The van der Waals surface area contributed by atoms with Gasteiger partial charge in [-0.2, -0.15) is 0 Å². The van der Waals surface area contributed by atoms with Gasteiger partial charge in [0.2, 0.25) is 0 Å². The second kappa shape index (κ2) is 11.0. The molecule has 4 aromatic rings. The summed E-state index contributed by atoms with van der Waals surface area (Å²) in [5.74, 6) is 0.0742. The van der Waals surface area contributed by atoms with Gasteiger partial charge in [-0.1, -0.05) is 127 Å². The fourth-order valence-corrected chi connectivity index (χ4v) is 4.15. The molecule has 0 fully saturated rings. The first kappa shape index (κ1) is 22.9. The van der Waals surface area contributed by atoms with Crippen LogP contribution in [-0.4, -0.2) is 17.5 Å². The standard InChI is InChI=1S/C29H20O.C3H6O/c30-29-27(23-17-9-3-10-18-23)25(21-13-5-1-6-14-21)26(22-15-7-2-8-16-22)28(29)24-19-11-4-12-20-24;1-2-3-4/h1-20H;2,4H,1,3H2. The Bertz CT molecular complexity index is 1220. The van der Waals surface area contributed by atoms with Gasteiger partial charge in [0.05, 0.1) is 6.61 Å². The van der Waals surface area contributed by atoms with Crippen molar-refractivity contribution in [1.29, 1.82) is 0 Å². The van der Waals surface area contributed by atoms with Crippen molar-refractivity contribution < 1.29 is 9.90 Å². The summed E-state index contributed by atoms with van der Waals surface area (Å²) < 4.78 is 0. The van der Waals surface area contributed by atoms with Crippen LogP contribution in [0.4, 0.5) is 0 Å². The van der Waals surface area contributed by atoms with Crippen molar-refractivity contribution in [1.82, 2.24) is 0 Å². The summed E-state index contributed by atoms with van der Waals surface area (Å²) in [5.41, 5.74) is 7.51. The quantitative estimate of drug-likeness (QED) is 0.339. The predicted octanol–water partition coefficient (Wildman–Crippen LogP) is 6.96. The number of carbonyl (C=O) groups excluding carboxylic acids is 1. The van der Waals surface area contributed by atoms with Gasteiger partial charge in [-0.3, -0.25) is 4.79 Å². The molecule has 0 heterocycles. The highest BCUT2D eigenvalue weighted by molar-refractivity contribution is 6.59. The van der Waals surface area contributed by atoms with E-state index in [1.165, 1.54) is 6.08 Å². The third-order valence-corrected chi connectivity index (χ3v) is 5.58. The molecule has 1 aliphatic carbocycles. The Labute approximate surface area is 200 Å². The Morgan fingerprint density at radius 3 is 0.971 bits per heavy atom. The maximum absolute atomic E-state index is 14.0. The second-order valence-corrected chi connectivity index (χ2v) is 7.76. The first-order valence-corrected chi connectivity index (χ1v) is 11.2. The molecule has 4 aromatic carbocycles. The molecular formula is C32H26O2. The molecule has 0 spiro atoms. The molecule has 34 heavy (non-hydrogen) atoms. The lowest BCUT2D eigenvalue weighted by Gasteiger charge is -2.13. The average molecular weight is 443 g/mol. The zero-order chi connectivity index (χ0) is 23.8. The molecule has 0 radical (unpaired) electrons. The number of aliphatic hydroxyl groups excluding tert-OH is 1. The molecule has 0 aliphatic heterocycles. The molecule has 2 nitrogen and oxygen atoms in total. The Morgan fingerprint density at radius 1 is 0.500 bits per heavy atom. The van der Waals surface area contributed by atoms with E-state index in [1.54, 1.807) is 0 Å². The molecule has 0 bridgehead atoms. The van der Waals surface area contributed by atoms with Gasteiger partial charge < -0.3 is 5.11 Å². The zero-order valence-electron chi connectivity index (χ0n) is 18.9. The fraction of sp³-hybridized carbons (Fsp3) is 0.0312. The number of ketones is 1. The van der Waals surface area contributed by atoms with Gasteiger partial charge in [0, 0.05) is 22.3 Å². The van der Waals surface area contributed by atoms with E-state index in [0.29, 0.717) is 0 Å². The van der Waals surface area contributed by atoms with Crippen LogP contribution in [0.15, 0.2) is 134 Å². The third kappa shape index (κ3) is 4.73. The van der Waals surface area contributed by atoms with Crippen LogP contribution in [-0.2, 0) is 4.79 Å². The van der Waals surface area contributed by atoms with Crippen LogP contribution in [0.1, 0.15) is 22.3 Å². The van der Waals surface area contributed by atoms with Crippen molar-refractivity contribution in [3.05, 3.63) is 156 Å². The van der Waals surface area contributed by atoms with E-state index < -0.39 is 0 Å². The minimum Gasteiger partial charge on any atom is -0.392 e. The highest BCUT2D eigenvalue weighted by Crippen LogP contribution is 2.49. The number of hydrogen-bond donors (Lipinski definition) is 1. The minimum atomic E-state index is 0.0742. The first-order valence-electron chi connectivity index (χ1n) is 11.2. The van der Waals surface area contributed by atoms with Crippen LogP contribution in [0.25, 0.3) is 22.3 Å². The van der Waals surface area contributed by atoms with E-state index in [1.807, 2.05) is 97.1 Å². The van der Waals surface area contributed by atoms with Crippen LogP contribution in [0.3, 0.4) is 0 Å². The van der Waals surface area contributed by atoms with Gasteiger partial charge in [0.25, 0.3) is 0 Å². The Kier molecular flexibility index (Phi) is 7.44. The van der Waals surface area contributed by atoms with Gasteiger partial charge in [-0.15, -0.1) is 6.58 Å². The Morgan fingerprint density at radius 2 is 0.735 bits per heavy atom. The fourth-order valence-electron chi connectivity index (χ4n) is 4.15. The molecule has 0 unspecified atom stereocenters. The van der Waals surface area contributed by atoms with Crippen LogP contribution in [0.2, 0.25) is 0 Å². The van der Waals surface area contributed by atoms with Gasteiger partial charge >= 0.3 is 0 Å². The van der Waals surface area contributed by atoms with Crippen molar-refractivity contribution in [3.8, 4) is 0 Å². The first-order chi connectivity index (χ1) is 16.8. The monoisotopic (exact) mass is 442 g/mol. The van der Waals surface area contributed by atoms with E-state index in [4.69, 9.17) is 5.11 Å². The van der Waals surface area contributed by atoms with Crippen LogP contribution in [0.5, 0.6) is 0 Å². The normalized spacial score (nSPS) is 12.9. The third-order valence-electron chi connectivity index (χ3n) is 5.58. The maximum Gasteiger partial charge on any atom is 0.195 e. The van der Waals surface area contributed by atoms with Gasteiger partial charge in [0.1, 0.15) is 0 Å². The summed E-state index contributed by atoms with van der Waals surface area (Å²) in [6, 6.07) is 40.5. The number of Topliss-reactive ketones (excluding diaryl/α,β-unsaturated/α-hetero) is 1. The molecule has 0 saturated heterocycles. The molecule has 1 aliphatic rings. The molecule has 5 rings (SSSR count). The lowest BCUT2D eigenvalue weighted by atomic mass is 9.89. The van der Waals surface area contributed by atoms with E-state index in [9.17, 15) is 4.79 Å². The van der Waals surface area contributed by atoms with Gasteiger partial charge in [-0.05, 0) is 22.3 Å². The summed E-state index contributed by atoms with van der Waals surface area (Å²) in [5, 5.41) is 7.76. The molecule has 2 heteroatoms. The SMILES string of the molecule is C=CCO.O=C1C(c2ccccc2)=C(c2ccccc2)C(c2ccccc2)=C1c1ccccc1. The number of rotatable bonds is 5.